The molecule has 0 amide bonds. The number of aromatic nitrogens is 2. The second kappa shape index (κ2) is 10.2. The second-order valence-electron chi connectivity index (χ2n) is 7.30. The van der Waals surface area contributed by atoms with Gasteiger partial charge in [-0.2, -0.15) is 0 Å². The van der Waals surface area contributed by atoms with Gasteiger partial charge >= 0.3 is 5.69 Å². The molecule has 0 bridgehead atoms. The van der Waals surface area contributed by atoms with E-state index in [9.17, 15) is 9.90 Å². The van der Waals surface area contributed by atoms with Crippen molar-refractivity contribution in [1.29, 1.82) is 0 Å². The van der Waals surface area contributed by atoms with Crippen LogP contribution in [0.4, 0.5) is 0 Å². The normalized spacial score (nSPS) is 12.0. The largest absolute Gasteiger partial charge is 0.491 e. The lowest BCUT2D eigenvalue weighted by atomic mass is 10.1. The SMILES string of the molecule is Cl.Cn1c(=O)n(C)c2cc(C(O)COc3ccc(CNCc4cccs4)cc3)ccc21. The van der Waals surface area contributed by atoms with Gasteiger partial charge in [-0.1, -0.05) is 24.3 Å². The molecule has 2 aromatic heterocycles. The molecule has 0 aliphatic rings. The number of aryl methyl sites for hydroxylation is 2. The smallest absolute Gasteiger partial charge is 0.328 e. The molecule has 0 aliphatic heterocycles. The molecule has 0 spiro atoms. The zero-order valence-corrected chi connectivity index (χ0v) is 19.1. The molecule has 1 unspecified atom stereocenters. The number of fused-ring (bicyclic) bond motifs is 1. The van der Waals surface area contributed by atoms with E-state index in [0.717, 1.165) is 29.7 Å². The standard InChI is InChI=1S/C23H25N3O3S.ClH/c1-25-20-10-7-17(12-21(20)26(2)23(25)28)22(27)15-29-18-8-5-16(6-9-18)13-24-14-19-4-3-11-30-19;/h3-12,22,24,27H,13-15H2,1-2H3;1H. The molecule has 8 heteroatoms. The van der Waals surface area contributed by atoms with Crippen LogP contribution >= 0.6 is 23.7 Å². The van der Waals surface area contributed by atoms with Gasteiger partial charge in [0.05, 0.1) is 11.0 Å². The molecule has 6 nitrogen and oxygen atoms in total. The highest BCUT2D eigenvalue weighted by molar-refractivity contribution is 7.09. The Bertz CT molecular complexity index is 1180. The lowest BCUT2D eigenvalue weighted by Crippen LogP contribution is -2.19. The molecule has 2 aromatic carbocycles. The van der Waals surface area contributed by atoms with Crippen LogP contribution in [0.2, 0.25) is 0 Å². The molecule has 31 heavy (non-hydrogen) atoms. The Morgan fingerprint density at radius 1 is 1.03 bits per heavy atom. The minimum atomic E-state index is -0.781. The topological polar surface area (TPSA) is 68.4 Å². The molecule has 4 aromatic rings. The van der Waals surface area contributed by atoms with Crippen molar-refractivity contribution < 1.29 is 9.84 Å². The van der Waals surface area contributed by atoms with Gasteiger partial charge in [0.25, 0.3) is 0 Å². The maximum atomic E-state index is 12.1. The van der Waals surface area contributed by atoms with E-state index in [1.807, 2.05) is 42.5 Å². The van der Waals surface area contributed by atoms with Crippen molar-refractivity contribution in [3.63, 3.8) is 0 Å². The Balaban J connectivity index is 0.00000272. The Morgan fingerprint density at radius 2 is 1.77 bits per heavy atom. The Morgan fingerprint density at radius 3 is 2.48 bits per heavy atom. The van der Waals surface area contributed by atoms with Crippen LogP contribution in [0.1, 0.15) is 22.1 Å². The summed E-state index contributed by atoms with van der Waals surface area (Å²) in [5.74, 6) is 0.712. The minimum Gasteiger partial charge on any atom is -0.491 e. The van der Waals surface area contributed by atoms with Crippen LogP contribution in [-0.4, -0.2) is 20.8 Å². The average Bonchev–Trinajstić information content (AvgIpc) is 3.36. The molecule has 1 atom stereocenters. The number of halogens is 1. The fourth-order valence-electron chi connectivity index (χ4n) is 3.45. The van der Waals surface area contributed by atoms with Crippen LogP contribution in [0.15, 0.2) is 64.8 Å². The summed E-state index contributed by atoms with van der Waals surface area (Å²) in [6.07, 6.45) is -0.781. The van der Waals surface area contributed by atoms with Crippen LogP contribution in [-0.2, 0) is 27.2 Å². The van der Waals surface area contributed by atoms with Gasteiger partial charge in [-0.25, -0.2) is 4.79 Å². The number of rotatable bonds is 8. The number of hydrogen-bond donors (Lipinski definition) is 2. The third kappa shape index (κ3) is 5.19. The van der Waals surface area contributed by atoms with E-state index < -0.39 is 6.10 Å². The summed E-state index contributed by atoms with van der Waals surface area (Å²) in [7, 11) is 3.47. The number of benzene rings is 2. The van der Waals surface area contributed by atoms with Gasteiger partial charge in [-0.05, 0) is 46.8 Å². The van der Waals surface area contributed by atoms with E-state index in [-0.39, 0.29) is 24.7 Å². The molecule has 0 aliphatic carbocycles. The van der Waals surface area contributed by atoms with E-state index in [1.54, 1.807) is 34.6 Å². The first-order valence-electron chi connectivity index (χ1n) is 9.81. The molecule has 0 fully saturated rings. The number of hydrogen-bond acceptors (Lipinski definition) is 5. The molecular formula is C23H26ClN3O3S. The highest BCUT2D eigenvalue weighted by atomic mass is 35.5. The van der Waals surface area contributed by atoms with Crippen molar-refractivity contribution in [1.82, 2.24) is 14.5 Å². The van der Waals surface area contributed by atoms with E-state index in [2.05, 4.69) is 22.8 Å². The lowest BCUT2D eigenvalue weighted by molar-refractivity contribution is 0.108. The van der Waals surface area contributed by atoms with Crippen molar-refractivity contribution in [2.24, 2.45) is 14.1 Å². The predicted octanol–water partition coefficient (Wildman–Crippen LogP) is 3.76. The summed E-state index contributed by atoms with van der Waals surface area (Å²) in [5.41, 5.74) is 3.44. The number of thiophene rings is 1. The van der Waals surface area contributed by atoms with Gasteiger partial charge in [-0.3, -0.25) is 9.13 Å². The van der Waals surface area contributed by atoms with Gasteiger partial charge in [-0.15, -0.1) is 23.7 Å². The van der Waals surface area contributed by atoms with Gasteiger partial charge < -0.3 is 15.2 Å². The lowest BCUT2D eigenvalue weighted by Gasteiger charge is -2.13. The van der Waals surface area contributed by atoms with Crippen LogP contribution in [0, 0.1) is 0 Å². The first kappa shape index (κ1) is 23.1. The highest BCUT2D eigenvalue weighted by Gasteiger charge is 2.13. The summed E-state index contributed by atoms with van der Waals surface area (Å²) in [4.78, 5) is 13.4. The fraction of sp³-hybridized carbons (Fsp3) is 0.261. The van der Waals surface area contributed by atoms with Crippen molar-refractivity contribution in [3.05, 3.63) is 86.5 Å². The molecule has 4 rings (SSSR count). The van der Waals surface area contributed by atoms with Gasteiger partial charge in [0.15, 0.2) is 0 Å². The number of nitrogens with zero attached hydrogens (tertiary/aromatic N) is 2. The maximum absolute atomic E-state index is 12.1. The fourth-order valence-corrected chi connectivity index (χ4v) is 4.12. The molecule has 0 saturated carbocycles. The van der Waals surface area contributed by atoms with Crippen molar-refractivity contribution in [2.75, 3.05) is 6.61 Å². The van der Waals surface area contributed by atoms with Gasteiger partial charge in [0.1, 0.15) is 18.5 Å². The van der Waals surface area contributed by atoms with Crippen molar-refractivity contribution in [2.45, 2.75) is 19.2 Å². The molecular weight excluding hydrogens is 434 g/mol. The predicted molar refractivity (Wildman–Crippen MR) is 127 cm³/mol. The van der Waals surface area contributed by atoms with Gasteiger partial charge in [0.2, 0.25) is 0 Å². The number of nitrogens with one attached hydrogen (secondary N) is 1. The summed E-state index contributed by atoms with van der Waals surface area (Å²) in [5, 5.41) is 16.0. The third-order valence-electron chi connectivity index (χ3n) is 5.22. The summed E-state index contributed by atoms with van der Waals surface area (Å²) >= 11 is 1.75. The molecule has 164 valence electrons. The number of aliphatic hydroxyl groups excluding tert-OH is 1. The molecule has 2 heterocycles. The number of imidazole rings is 1. The first-order valence-corrected chi connectivity index (χ1v) is 10.7. The van der Waals surface area contributed by atoms with E-state index in [1.165, 1.54) is 10.4 Å². The second-order valence-corrected chi connectivity index (χ2v) is 8.33. The van der Waals surface area contributed by atoms with E-state index in [4.69, 9.17) is 4.74 Å². The highest BCUT2D eigenvalue weighted by Crippen LogP contribution is 2.21. The van der Waals surface area contributed by atoms with E-state index >= 15 is 0 Å². The minimum absolute atomic E-state index is 0. The third-order valence-corrected chi connectivity index (χ3v) is 6.10. The number of ether oxygens (including phenoxy) is 1. The summed E-state index contributed by atoms with van der Waals surface area (Å²) in [6, 6.07) is 17.6. The van der Waals surface area contributed by atoms with Crippen molar-refractivity contribution in [3.8, 4) is 5.75 Å². The molecule has 0 saturated heterocycles. The van der Waals surface area contributed by atoms with Crippen LogP contribution < -0.4 is 15.7 Å². The van der Waals surface area contributed by atoms with Gasteiger partial charge in [0, 0.05) is 32.1 Å². The first-order chi connectivity index (χ1) is 14.5. The maximum Gasteiger partial charge on any atom is 0.328 e. The van der Waals surface area contributed by atoms with Crippen LogP contribution in [0.25, 0.3) is 11.0 Å². The quantitative estimate of drug-likeness (QED) is 0.421. The molecule has 0 radical (unpaired) electrons. The monoisotopic (exact) mass is 459 g/mol. The summed E-state index contributed by atoms with van der Waals surface area (Å²) < 4.78 is 8.95. The van der Waals surface area contributed by atoms with Crippen LogP contribution in [0.5, 0.6) is 5.75 Å². The Kier molecular flexibility index (Phi) is 7.56. The zero-order chi connectivity index (χ0) is 21.1. The Labute approximate surface area is 191 Å². The average molecular weight is 460 g/mol. The summed E-state index contributed by atoms with van der Waals surface area (Å²) in [6.45, 7) is 1.79. The molecule has 2 N–H and O–H groups in total. The van der Waals surface area contributed by atoms with Crippen LogP contribution in [0.3, 0.4) is 0 Å². The number of aliphatic hydroxyl groups is 1. The zero-order valence-electron chi connectivity index (χ0n) is 17.4. The van der Waals surface area contributed by atoms with Crippen molar-refractivity contribution >= 4 is 34.8 Å². The van der Waals surface area contributed by atoms with E-state index in [0.29, 0.717) is 5.75 Å². The Hall–Kier alpha value is -2.58.